The maximum Gasteiger partial charge on any atom is 0.0832 e. The van der Waals surface area contributed by atoms with Crippen molar-refractivity contribution in [3.8, 4) is 0 Å². The zero-order valence-electron chi connectivity index (χ0n) is 8.59. The molecule has 2 unspecified atom stereocenters. The molecular formula is C11H20O. The Hall–Kier alpha value is -0.300. The number of hydrogen-bond donors (Lipinski definition) is 1. The molecule has 0 fully saturated rings. The fraction of sp³-hybridized carbons (Fsp3) is 0.818. The van der Waals surface area contributed by atoms with Gasteiger partial charge in [0.25, 0.3) is 0 Å². The second-order valence-corrected chi connectivity index (χ2v) is 4.61. The minimum Gasteiger partial charge on any atom is -0.386 e. The minimum atomic E-state index is -0.573. The molecule has 0 aromatic heterocycles. The van der Waals surface area contributed by atoms with Crippen molar-refractivity contribution in [2.45, 2.75) is 46.1 Å². The molecule has 0 radical (unpaired) electrons. The first kappa shape index (κ1) is 9.79. The quantitative estimate of drug-likeness (QED) is 0.597. The Morgan fingerprint density at radius 2 is 2.17 bits per heavy atom. The number of aliphatic hydroxyl groups is 1. The molecule has 70 valence electrons. The first-order valence-corrected chi connectivity index (χ1v) is 4.84. The molecule has 1 aliphatic carbocycles. The van der Waals surface area contributed by atoms with Gasteiger partial charge in [-0.1, -0.05) is 25.5 Å². The van der Waals surface area contributed by atoms with Crippen molar-refractivity contribution in [1.29, 1.82) is 0 Å². The molecule has 0 bridgehead atoms. The van der Waals surface area contributed by atoms with E-state index in [9.17, 15) is 5.11 Å². The van der Waals surface area contributed by atoms with Gasteiger partial charge in [0.1, 0.15) is 0 Å². The number of rotatable bonds is 1. The lowest BCUT2D eigenvalue weighted by atomic mass is 9.73. The predicted octanol–water partition coefficient (Wildman–Crippen LogP) is 2.75. The van der Waals surface area contributed by atoms with Crippen molar-refractivity contribution in [2.75, 3.05) is 0 Å². The van der Waals surface area contributed by atoms with Gasteiger partial charge in [0.2, 0.25) is 0 Å². The summed E-state index contributed by atoms with van der Waals surface area (Å²) in [7, 11) is 0. The van der Waals surface area contributed by atoms with Crippen LogP contribution in [0.4, 0.5) is 0 Å². The molecule has 1 N–H and O–H groups in total. The highest BCUT2D eigenvalue weighted by atomic mass is 16.3. The summed E-state index contributed by atoms with van der Waals surface area (Å²) in [5, 5.41) is 10.1. The highest BCUT2D eigenvalue weighted by Gasteiger charge is 2.34. The maximum absolute atomic E-state index is 10.1. The van der Waals surface area contributed by atoms with Crippen LogP contribution in [-0.4, -0.2) is 10.7 Å². The average molecular weight is 168 g/mol. The van der Waals surface area contributed by atoms with Gasteiger partial charge < -0.3 is 5.11 Å². The van der Waals surface area contributed by atoms with Gasteiger partial charge in [-0.05, 0) is 38.5 Å². The molecular weight excluding hydrogens is 148 g/mol. The van der Waals surface area contributed by atoms with Gasteiger partial charge in [0.15, 0.2) is 0 Å². The normalized spacial score (nSPS) is 36.8. The summed E-state index contributed by atoms with van der Waals surface area (Å²) >= 11 is 0. The van der Waals surface area contributed by atoms with E-state index in [1.165, 1.54) is 5.57 Å². The van der Waals surface area contributed by atoms with Crippen molar-refractivity contribution >= 4 is 0 Å². The van der Waals surface area contributed by atoms with Crippen molar-refractivity contribution in [2.24, 2.45) is 11.8 Å². The lowest BCUT2D eigenvalue weighted by molar-refractivity contribution is 0.0123. The SMILES string of the molecule is CC1=CC(C)(O)C(C(C)C)CC1. The molecule has 12 heavy (non-hydrogen) atoms. The second kappa shape index (κ2) is 3.21. The van der Waals surface area contributed by atoms with E-state index in [1.807, 2.05) is 13.0 Å². The summed E-state index contributed by atoms with van der Waals surface area (Å²) in [4.78, 5) is 0. The van der Waals surface area contributed by atoms with E-state index in [0.29, 0.717) is 11.8 Å². The van der Waals surface area contributed by atoms with Crippen LogP contribution in [0.2, 0.25) is 0 Å². The number of hydrogen-bond acceptors (Lipinski definition) is 1. The molecule has 0 heterocycles. The smallest absolute Gasteiger partial charge is 0.0832 e. The third kappa shape index (κ3) is 1.89. The summed E-state index contributed by atoms with van der Waals surface area (Å²) in [6.07, 6.45) is 4.31. The van der Waals surface area contributed by atoms with Crippen LogP contribution < -0.4 is 0 Å². The van der Waals surface area contributed by atoms with Crippen molar-refractivity contribution < 1.29 is 5.11 Å². The Kier molecular flexibility index (Phi) is 2.62. The molecule has 2 atom stereocenters. The van der Waals surface area contributed by atoms with E-state index in [1.54, 1.807) is 0 Å². The molecule has 1 heteroatoms. The van der Waals surface area contributed by atoms with Gasteiger partial charge in [0, 0.05) is 0 Å². The van der Waals surface area contributed by atoms with Crippen LogP contribution in [0.5, 0.6) is 0 Å². The Labute approximate surface area is 75.5 Å². The lowest BCUT2D eigenvalue weighted by Crippen LogP contribution is -2.38. The van der Waals surface area contributed by atoms with Crippen LogP contribution in [0, 0.1) is 11.8 Å². The Bertz CT molecular complexity index is 189. The highest BCUT2D eigenvalue weighted by molar-refractivity contribution is 5.14. The van der Waals surface area contributed by atoms with Gasteiger partial charge in [0.05, 0.1) is 5.60 Å². The van der Waals surface area contributed by atoms with Gasteiger partial charge in [-0.2, -0.15) is 0 Å². The van der Waals surface area contributed by atoms with Crippen LogP contribution in [0.15, 0.2) is 11.6 Å². The zero-order chi connectivity index (χ0) is 9.35. The van der Waals surface area contributed by atoms with E-state index < -0.39 is 5.60 Å². The van der Waals surface area contributed by atoms with Crippen LogP contribution in [0.3, 0.4) is 0 Å². The summed E-state index contributed by atoms with van der Waals surface area (Å²) < 4.78 is 0. The van der Waals surface area contributed by atoms with E-state index in [0.717, 1.165) is 12.8 Å². The van der Waals surface area contributed by atoms with Crippen LogP contribution in [-0.2, 0) is 0 Å². The van der Waals surface area contributed by atoms with E-state index >= 15 is 0 Å². The lowest BCUT2D eigenvalue weighted by Gasteiger charge is -2.37. The van der Waals surface area contributed by atoms with Gasteiger partial charge in [-0.3, -0.25) is 0 Å². The summed E-state index contributed by atoms with van der Waals surface area (Å²) in [6, 6.07) is 0. The first-order chi connectivity index (χ1) is 5.43. The fourth-order valence-electron chi connectivity index (χ4n) is 2.36. The molecule has 0 aromatic carbocycles. The van der Waals surface area contributed by atoms with Crippen molar-refractivity contribution in [3.05, 3.63) is 11.6 Å². The average Bonchev–Trinajstić information content (AvgIpc) is 1.82. The van der Waals surface area contributed by atoms with Gasteiger partial charge in [-0.15, -0.1) is 0 Å². The molecule has 0 saturated carbocycles. The van der Waals surface area contributed by atoms with E-state index in [2.05, 4.69) is 20.8 Å². The van der Waals surface area contributed by atoms with Crippen molar-refractivity contribution in [1.82, 2.24) is 0 Å². The first-order valence-electron chi connectivity index (χ1n) is 4.84. The molecule has 0 spiro atoms. The zero-order valence-corrected chi connectivity index (χ0v) is 8.59. The third-order valence-electron chi connectivity index (χ3n) is 2.94. The summed E-state index contributed by atoms with van der Waals surface area (Å²) in [6.45, 7) is 8.41. The standard InChI is InChI=1S/C11H20O/c1-8(2)10-6-5-9(3)7-11(10,4)12/h7-8,10,12H,5-6H2,1-4H3. The van der Waals surface area contributed by atoms with E-state index in [-0.39, 0.29) is 0 Å². The Morgan fingerprint density at radius 1 is 1.58 bits per heavy atom. The maximum atomic E-state index is 10.1. The van der Waals surface area contributed by atoms with Crippen LogP contribution >= 0.6 is 0 Å². The molecule has 1 nitrogen and oxygen atoms in total. The van der Waals surface area contributed by atoms with Crippen LogP contribution in [0.25, 0.3) is 0 Å². The minimum absolute atomic E-state index is 0.432. The monoisotopic (exact) mass is 168 g/mol. The molecule has 0 aliphatic heterocycles. The second-order valence-electron chi connectivity index (χ2n) is 4.61. The molecule has 1 rings (SSSR count). The Morgan fingerprint density at radius 3 is 2.58 bits per heavy atom. The summed E-state index contributed by atoms with van der Waals surface area (Å²) in [5.74, 6) is 1.01. The fourth-order valence-corrected chi connectivity index (χ4v) is 2.36. The van der Waals surface area contributed by atoms with E-state index in [4.69, 9.17) is 0 Å². The largest absolute Gasteiger partial charge is 0.386 e. The van der Waals surface area contributed by atoms with Crippen LogP contribution in [0.1, 0.15) is 40.5 Å². The molecule has 0 amide bonds. The Balaban J connectivity index is 2.81. The third-order valence-corrected chi connectivity index (χ3v) is 2.94. The molecule has 1 aliphatic rings. The van der Waals surface area contributed by atoms with Gasteiger partial charge >= 0.3 is 0 Å². The van der Waals surface area contributed by atoms with Crippen molar-refractivity contribution in [3.63, 3.8) is 0 Å². The number of allylic oxidation sites excluding steroid dienone is 1. The highest BCUT2D eigenvalue weighted by Crippen LogP contribution is 2.36. The topological polar surface area (TPSA) is 20.2 Å². The molecule has 0 saturated heterocycles. The molecule has 0 aromatic rings. The predicted molar refractivity (Wildman–Crippen MR) is 51.9 cm³/mol. The summed E-state index contributed by atoms with van der Waals surface area (Å²) in [5.41, 5.74) is 0.758. The van der Waals surface area contributed by atoms with Gasteiger partial charge in [-0.25, -0.2) is 0 Å².